The van der Waals surface area contributed by atoms with Gasteiger partial charge in [-0.1, -0.05) is 19.1 Å². The van der Waals surface area contributed by atoms with Crippen LogP contribution in [0.2, 0.25) is 0 Å². The van der Waals surface area contributed by atoms with Crippen molar-refractivity contribution in [1.82, 2.24) is 29.5 Å². The molecule has 194 valence electrons. The Morgan fingerprint density at radius 2 is 1.89 bits per heavy atom. The van der Waals surface area contributed by atoms with Gasteiger partial charge < -0.3 is 15.3 Å². The Hall–Kier alpha value is -3.99. The second kappa shape index (κ2) is 9.81. The zero-order chi connectivity index (χ0) is 26.3. The molecule has 3 atom stereocenters. The molecular formula is C26H31N7O4. The van der Waals surface area contributed by atoms with Crippen LogP contribution in [-0.2, 0) is 18.3 Å². The molecule has 1 aliphatic carbocycles. The Balaban J connectivity index is 1.40. The molecule has 0 bridgehead atoms. The van der Waals surface area contributed by atoms with E-state index in [0.717, 1.165) is 16.7 Å². The van der Waals surface area contributed by atoms with Crippen molar-refractivity contribution in [2.75, 3.05) is 25.0 Å². The van der Waals surface area contributed by atoms with Gasteiger partial charge in [-0.25, -0.2) is 23.8 Å². The lowest BCUT2D eigenvalue weighted by molar-refractivity contribution is -0.124. The summed E-state index contributed by atoms with van der Waals surface area (Å²) in [5.41, 5.74) is 3.34. The van der Waals surface area contributed by atoms with Crippen LogP contribution in [-0.4, -0.2) is 73.6 Å². The summed E-state index contributed by atoms with van der Waals surface area (Å²) in [6.45, 7) is 2.95. The zero-order valence-electron chi connectivity index (χ0n) is 21.2. The number of carbonyl (C=O) groups excluding carboxylic acids is 2. The van der Waals surface area contributed by atoms with Crippen LogP contribution in [0, 0.1) is 5.92 Å². The van der Waals surface area contributed by atoms with Crippen molar-refractivity contribution in [3.8, 4) is 16.8 Å². The molecule has 0 spiro atoms. The van der Waals surface area contributed by atoms with Crippen molar-refractivity contribution >= 4 is 17.8 Å². The summed E-state index contributed by atoms with van der Waals surface area (Å²) >= 11 is 0. The zero-order valence-corrected chi connectivity index (χ0v) is 21.2. The number of hydrogen-bond acceptors (Lipinski definition) is 6. The summed E-state index contributed by atoms with van der Waals surface area (Å²) in [6, 6.07) is 8.96. The average molecular weight is 506 g/mol. The number of nitrogens with one attached hydrogen (secondary N) is 1. The third-order valence-corrected chi connectivity index (χ3v) is 7.48. The Morgan fingerprint density at radius 3 is 2.54 bits per heavy atom. The number of amides is 3. The molecule has 1 saturated carbocycles. The van der Waals surface area contributed by atoms with Crippen LogP contribution < -0.4 is 15.9 Å². The second-order valence-electron chi connectivity index (χ2n) is 9.51. The van der Waals surface area contributed by atoms with Crippen molar-refractivity contribution in [3.63, 3.8) is 0 Å². The Morgan fingerprint density at radius 1 is 1.14 bits per heavy atom. The summed E-state index contributed by atoms with van der Waals surface area (Å²) in [7, 11) is 3.19. The van der Waals surface area contributed by atoms with E-state index in [4.69, 9.17) is 0 Å². The molecule has 3 amide bonds. The summed E-state index contributed by atoms with van der Waals surface area (Å²) in [5.74, 6) is 0.201. The van der Waals surface area contributed by atoms with Crippen molar-refractivity contribution in [2.24, 2.45) is 13.0 Å². The first-order valence-corrected chi connectivity index (χ1v) is 12.5. The highest BCUT2D eigenvalue weighted by Gasteiger charge is 2.45. The third kappa shape index (κ3) is 4.29. The van der Waals surface area contributed by atoms with Crippen LogP contribution in [0.1, 0.15) is 25.3 Å². The topological polar surface area (TPSA) is 126 Å². The predicted molar refractivity (Wildman–Crippen MR) is 137 cm³/mol. The molecule has 1 aliphatic heterocycles. The fourth-order valence-corrected chi connectivity index (χ4v) is 5.50. The number of hydrogen-bond donors (Lipinski definition) is 2. The smallest absolute Gasteiger partial charge is 0.350 e. The number of nitrogens with zero attached hydrogens (tertiary/aromatic N) is 6. The number of aliphatic hydroxyl groups is 1. The molecular weight excluding hydrogens is 474 g/mol. The number of benzene rings is 1. The number of urea groups is 1. The van der Waals surface area contributed by atoms with Crippen LogP contribution in [0.5, 0.6) is 0 Å². The molecule has 3 heterocycles. The lowest BCUT2D eigenvalue weighted by Gasteiger charge is -2.27. The van der Waals surface area contributed by atoms with Gasteiger partial charge in [0.2, 0.25) is 5.91 Å². The molecule has 1 saturated heterocycles. The van der Waals surface area contributed by atoms with Gasteiger partial charge in [0.25, 0.3) is 0 Å². The number of rotatable bonds is 6. The normalized spacial score (nSPS) is 21.6. The predicted octanol–water partition coefficient (Wildman–Crippen LogP) is 1.32. The number of anilines is 1. The highest BCUT2D eigenvalue weighted by Crippen LogP contribution is 2.36. The molecule has 1 aromatic carbocycles. The highest BCUT2D eigenvalue weighted by atomic mass is 16.3. The first-order valence-electron chi connectivity index (χ1n) is 12.5. The molecule has 2 aliphatic rings. The van der Waals surface area contributed by atoms with Gasteiger partial charge in [0.05, 0.1) is 17.8 Å². The van der Waals surface area contributed by atoms with E-state index < -0.39 is 12.1 Å². The van der Waals surface area contributed by atoms with E-state index in [9.17, 15) is 19.5 Å². The van der Waals surface area contributed by atoms with Crippen molar-refractivity contribution in [3.05, 3.63) is 58.9 Å². The van der Waals surface area contributed by atoms with Gasteiger partial charge in [-0.3, -0.25) is 9.69 Å². The minimum Gasteiger partial charge on any atom is -0.391 e. The van der Waals surface area contributed by atoms with Gasteiger partial charge in [-0.15, -0.1) is 0 Å². The maximum Gasteiger partial charge on any atom is 0.350 e. The standard InChI is InChI=1S/C26H31N7O4/c1-4-19-20(16-5-7-18(8-6-16)33-15-29-30(3)25(33)36)9-10-28-23(19)32-12-11-31(26(32)37)21-13-17(14-22(21)34)24(35)27-2/h5-10,15,17,21-22,34H,4,11-14H2,1-3H3,(H,27,35)/t17-,21?,22+/m1/s1. The van der Waals surface area contributed by atoms with Crippen LogP contribution in [0.25, 0.3) is 16.8 Å². The van der Waals surface area contributed by atoms with Gasteiger partial charge in [0.15, 0.2) is 0 Å². The summed E-state index contributed by atoms with van der Waals surface area (Å²) < 4.78 is 2.75. The lowest BCUT2D eigenvalue weighted by Crippen LogP contribution is -2.43. The fourth-order valence-electron chi connectivity index (χ4n) is 5.50. The van der Waals surface area contributed by atoms with E-state index >= 15 is 0 Å². The molecule has 2 aromatic heterocycles. The van der Waals surface area contributed by atoms with Gasteiger partial charge >= 0.3 is 11.7 Å². The van der Waals surface area contributed by atoms with Crippen molar-refractivity contribution < 1.29 is 14.7 Å². The molecule has 11 nitrogen and oxygen atoms in total. The first-order chi connectivity index (χ1) is 17.8. The maximum absolute atomic E-state index is 13.5. The van der Waals surface area contributed by atoms with Gasteiger partial charge in [-0.05, 0) is 48.6 Å². The average Bonchev–Trinajstić information content (AvgIpc) is 3.59. The molecule has 11 heteroatoms. The van der Waals surface area contributed by atoms with E-state index in [2.05, 4.69) is 15.4 Å². The number of aryl methyl sites for hydroxylation is 1. The second-order valence-corrected chi connectivity index (χ2v) is 9.51. The third-order valence-electron chi connectivity index (χ3n) is 7.48. The van der Waals surface area contributed by atoms with Crippen LogP contribution >= 0.6 is 0 Å². The van der Waals surface area contributed by atoms with E-state index in [-0.39, 0.29) is 23.5 Å². The SMILES string of the molecule is CCc1c(-c2ccc(-n3cnn(C)c3=O)cc2)ccnc1N1CCN(C2C[C@@H](C(=O)NC)C[C@@H]2O)C1=O. The summed E-state index contributed by atoms with van der Waals surface area (Å²) in [6.07, 6.45) is 3.91. The van der Waals surface area contributed by atoms with E-state index in [1.54, 1.807) is 30.1 Å². The van der Waals surface area contributed by atoms with Crippen LogP contribution in [0.15, 0.2) is 47.7 Å². The molecule has 5 rings (SSSR count). The van der Waals surface area contributed by atoms with Crippen molar-refractivity contribution in [2.45, 2.75) is 38.3 Å². The molecule has 0 radical (unpaired) electrons. The van der Waals surface area contributed by atoms with Crippen molar-refractivity contribution in [1.29, 1.82) is 0 Å². The number of aliphatic hydroxyl groups excluding tert-OH is 1. The lowest BCUT2D eigenvalue weighted by atomic mass is 9.98. The number of pyridine rings is 1. The summed E-state index contributed by atoms with van der Waals surface area (Å²) in [5, 5.41) is 17.3. The summed E-state index contributed by atoms with van der Waals surface area (Å²) in [4.78, 5) is 45.8. The monoisotopic (exact) mass is 505 g/mol. The molecule has 2 N–H and O–H groups in total. The Bertz CT molecular complexity index is 1380. The van der Waals surface area contributed by atoms with E-state index in [1.807, 2.05) is 37.3 Å². The van der Waals surface area contributed by atoms with Gasteiger partial charge in [-0.2, -0.15) is 5.10 Å². The van der Waals surface area contributed by atoms with Gasteiger partial charge in [0, 0.05) is 44.9 Å². The molecule has 37 heavy (non-hydrogen) atoms. The Kier molecular flexibility index (Phi) is 6.55. The molecule has 1 unspecified atom stereocenters. The minimum absolute atomic E-state index is 0.105. The van der Waals surface area contributed by atoms with Gasteiger partial charge in [0.1, 0.15) is 12.1 Å². The minimum atomic E-state index is -0.734. The number of carbonyl (C=O) groups is 2. The quantitative estimate of drug-likeness (QED) is 0.521. The number of aromatic nitrogens is 4. The van der Waals surface area contributed by atoms with Crippen LogP contribution in [0.4, 0.5) is 10.6 Å². The largest absolute Gasteiger partial charge is 0.391 e. The maximum atomic E-state index is 13.5. The highest BCUT2D eigenvalue weighted by molar-refractivity contribution is 5.95. The fraction of sp³-hybridized carbons (Fsp3) is 0.423. The molecule has 3 aromatic rings. The van der Waals surface area contributed by atoms with Crippen LogP contribution in [0.3, 0.4) is 0 Å². The Labute approximate surface area is 214 Å². The molecule has 2 fully saturated rings. The van der Waals surface area contributed by atoms with E-state index in [0.29, 0.717) is 43.9 Å². The first kappa shape index (κ1) is 24.7. The van der Waals surface area contributed by atoms with E-state index in [1.165, 1.54) is 15.6 Å².